The predicted molar refractivity (Wildman–Crippen MR) is 53.9 cm³/mol. The second-order valence-electron chi connectivity index (χ2n) is 3.61. The van der Waals surface area contributed by atoms with Gasteiger partial charge in [0.15, 0.2) is 6.33 Å². The van der Waals surface area contributed by atoms with E-state index in [4.69, 9.17) is 10.3 Å². The molecule has 6 heteroatoms. The van der Waals surface area contributed by atoms with Crippen molar-refractivity contribution in [1.82, 2.24) is 15.5 Å². The van der Waals surface area contributed by atoms with Crippen molar-refractivity contribution in [2.24, 2.45) is 5.73 Å². The summed E-state index contributed by atoms with van der Waals surface area (Å²) in [5, 5.41) is 6.18. The highest BCUT2D eigenvalue weighted by atomic mass is 16.5. The number of carbonyl (C=O) groups is 1. The van der Waals surface area contributed by atoms with Gasteiger partial charge in [-0.1, -0.05) is 12.1 Å². The molecule has 84 valence electrons. The molecule has 1 aromatic rings. The van der Waals surface area contributed by atoms with Crippen LogP contribution in [0.4, 0.5) is 0 Å². The zero-order valence-corrected chi connectivity index (χ0v) is 8.99. The number of nitrogens with zero attached hydrogens (tertiary/aromatic N) is 2. The maximum Gasteiger partial charge on any atom is 0.239 e. The van der Waals surface area contributed by atoms with E-state index in [1.807, 2.05) is 6.92 Å². The van der Waals surface area contributed by atoms with Crippen molar-refractivity contribution in [3.63, 3.8) is 0 Å². The molecule has 0 fully saturated rings. The Kier molecular flexibility index (Phi) is 3.79. The molecule has 0 saturated carbocycles. The van der Waals surface area contributed by atoms with Crippen LogP contribution in [0, 0.1) is 0 Å². The number of nitrogens with two attached hydrogens (primary N) is 1. The van der Waals surface area contributed by atoms with Gasteiger partial charge in [0.25, 0.3) is 0 Å². The van der Waals surface area contributed by atoms with E-state index in [0.717, 1.165) is 0 Å². The van der Waals surface area contributed by atoms with Crippen molar-refractivity contribution in [3.05, 3.63) is 12.2 Å². The van der Waals surface area contributed by atoms with Crippen molar-refractivity contribution in [2.75, 3.05) is 6.54 Å². The molecule has 0 bridgehead atoms. The summed E-state index contributed by atoms with van der Waals surface area (Å²) in [7, 11) is 0. The highest BCUT2D eigenvalue weighted by Crippen LogP contribution is 2.03. The van der Waals surface area contributed by atoms with Crippen LogP contribution in [-0.2, 0) is 11.2 Å². The van der Waals surface area contributed by atoms with Crippen molar-refractivity contribution in [2.45, 2.75) is 32.2 Å². The molecule has 1 amide bonds. The summed E-state index contributed by atoms with van der Waals surface area (Å²) in [6.45, 7) is 4.03. The van der Waals surface area contributed by atoms with Crippen LogP contribution in [0.1, 0.15) is 26.2 Å². The number of rotatable bonds is 5. The van der Waals surface area contributed by atoms with Gasteiger partial charge in [-0.3, -0.25) is 4.79 Å². The molecule has 0 aromatic carbocycles. The number of amides is 1. The monoisotopic (exact) mass is 212 g/mol. The second kappa shape index (κ2) is 4.88. The zero-order valence-electron chi connectivity index (χ0n) is 8.99. The molecule has 0 saturated heterocycles. The summed E-state index contributed by atoms with van der Waals surface area (Å²) in [4.78, 5) is 15.4. The first-order valence-corrected chi connectivity index (χ1v) is 4.89. The van der Waals surface area contributed by atoms with E-state index < -0.39 is 5.54 Å². The molecule has 0 aliphatic carbocycles. The quantitative estimate of drug-likeness (QED) is 0.708. The molecule has 6 nitrogen and oxygen atoms in total. The highest BCUT2D eigenvalue weighted by Gasteiger charge is 2.25. The first-order valence-electron chi connectivity index (χ1n) is 4.89. The van der Waals surface area contributed by atoms with E-state index in [1.165, 1.54) is 6.33 Å². The molecular formula is C9H16N4O2. The maximum atomic E-state index is 11.5. The van der Waals surface area contributed by atoms with E-state index >= 15 is 0 Å². The summed E-state index contributed by atoms with van der Waals surface area (Å²) >= 11 is 0. The summed E-state index contributed by atoms with van der Waals surface area (Å²) in [5.41, 5.74) is 4.94. The fraction of sp³-hybridized carbons (Fsp3) is 0.667. The molecule has 1 aromatic heterocycles. The van der Waals surface area contributed by atoms with Gasteiger partial charge in [0, 0.05) is 13.0 Å². The van der Waals surface area contributed by atoms with Crippen LogP contribution in [0.5, 0.6) is 0 Å². The van der Waals surface area contributed by atoms with Crippen LogP contribution >= 0.6 is 0 Å². The van der Waals surface area contributed by atoms with Gasteiger partial charge in [0.2, 0.25) is 11.8 Å². The Hall–Kier alpha value is -1.43. The smallest absolute Gasteiger partial charge is 0.239 e. The number of hydrogen-bond acceptors (Lipinski definition) is 5. The molecule has 0 aliphatic heterocycles. The molecule has 1 atom stereocenters. The predicted octanol–water partition coefficient (Wildman–Crippen LogP) is -0.144. The standard InChI is InChI=1S/C9H16N4O2/c1-3-9(2,10)8(14)11-5-4-7-12-6-13-15-7/h6H,3-5,10H2,1-2H3,(H,11,14). The van der Waals surface area contributed by atoms with Crippen LogP contribution in [0.15, 0.2) is 10.9 Å². The molecule has 0 spiro atoms. The Bertz CT molecular complexity index is 308. The van der Waals surface area contributed by atoms with Gasteiger partial charge in [-0.05, 0) is 13.3 Å². The molecular weight excluding hydrogens is 196 g/mol. The minimum Gasteiger partial charge on any atom is -0.354 e. The molecule has 0 radical (unpaired) electrons. The third kappa shape index (κ3) is 3.32. The Balaban J connectivity index is 2.29. The van der Waals surface area contributed by atoms with Crippen molar-refractivity contribution in [1.29, 1.82) is 0 Å². The van der Waals surface area contributed by atoms with Gasteiger partial charge in [0.1, 0.15) is 0 Å². The van der Waals surface area contributed by atoms with E-state index in [9.17, 15) is 4.79 Å². The largest absolute Gasteiger partial charge is 0.354 e. The third-order valence-electron chi connectivity index (χ3n) is 2.28. The summed E-state index contributed by atoms with van der Waals surface area (Å²) < 4.78 is 4.78. The molecule has 1 unspecified atom stereocenters. The van der Waals surface area contributed by atoms with Gasteiger partial charge >= 0.3 is 0 Å². The van der Waals surface area contributed by atoms with Crippen LogP contribution < -0.4 is 11.1 Å². The van der Waals surface area contributed by atoms with Gasteiger partial charge in [-0.15, -0.1) is 0 Å². The molecule has 0 aliphatic rings. The number of hydrogen-bond donors (Lipinski definition) is 2. The van der Waals surface area contributed by atoms with E-state index in [-0.39, 0.29) is 5.91 Å². The van der Waals surface area contributed by atoms with Gasteiger partial charge in [0.05, 0.1) is 5.54 Å². The normalized spacial score (nSPS) is 14.6. The lowest BCUT2D eigenvalue weighted by Gasteiger charge is -2.21. The number of nitrogens with one attached hydrogen (secondary N) is 1. The lowest BCUT2D eigenvalue weighted by molar-refractivity contribution is -0.125. The average molecular weight is 212 g/mol. The van der Waals surface area contributed by atoms with E-state index in [1.54, 1.807) is 6.92 Å². The fourth-order valence-corrected chi connectivity index (χ4v) is 0.952. The lowest BCUT2D eigenvalue weighted by Crippen LogP contribution is -2.51. The van der Waals surface area contributed by atoms with E-state index in [0.29, 0.717) is 25.3 Å². The summed E-state index contributed by atoms with van der Waals surface area (Å²) in [5.74, 6) is 0.343. The summed E-state index contributed by atoms with van der Waals surface area (Å²) in [6, 6.07) is 0. The second-order valence-corrected chi connectivity index (χ2v) is 3.61. The molecule has 3 N–H and O–H groups in total. The minimum atomic E-state index is -0.811. The number of aromatic nitrogens is 2. The minimum absolute atomic E-state index is 0.162. The van der Waals surface area contributed by atoms with Gasteiger partial charge in [-0.2, -0.15) is 4.98 Å². The average Bonchev–Trinajstić information content (AvgIpc) is 2.70. The first-order chi connectivity index (χ1) is 7.06. The first kappa shape index (κ1) is 11.6. The van der Waals surface area contributed by atoms with Crippen LogP contribution in [0.2, 0.25) is 0 Å². The molecule has 1 heterocycles. The molecule has 1 rings (SSSR count). The lowest BCUT2D eigenvalue weighted by atomic mass is 10.00. The van der Waals surface area contributed by atoms with Crippen LogP contribution in [-0.4, -0.2) is 28.1 Å². The van der Waals surface area contributed by atoms with Crippen LogP contribution in [0.25, 0.3) is 0 Å². The van der Waals surface area contributed by atoms with Gasteiger partial charge < -0.3 is 15.6 Å². The Morgan fingerprint density at radius 2 is 2.47 bits per heavy atom. The zero-order chi connectivity index (χ0) is 11.3. The Morgan fingerprint density at radius 3 is 3.00 bits per heavy atom. The fourth-order valence-electron chi connectivity index (χ4n) is 0.952. The topological polar surface area (TPSA) is 94.0 Å². The van der Waals surface area contributed by atoms with Crippen LogP contribution in [0.3, 0.4) is 0 Å². The van der Waals surface area contributed by atoms with Crippen molar-refractivity contribution in [3.8, 4) is 0 Å². The Morgan fingerprint density at radius 1 is 1.73 bits per heavy atom. The SMILES string of the molecule is CCC(C)(N)C(=O)NCCc1ncno1. The van der Waals surface area contributed by atoms with Gasteiger partial charge in [-0.25, -0.2) is 0 Å². The third-order valence-corrected chi connectivity index (χ3v) is 2.28. The summed E-state index contributed by atoms with van der Waals surface area (Å²) in [6.07, 6.45) is 2.45. The maximum absolute atomic E-state index is 11.5. The number of carbonyl (C=O) groups excluding carboxylic acids is 1. The molecule has 15 heavy (non-hydrogen) atoms. The van der Waals surface area contributed by atoms with Crippen molar-refractivity contribution < 1.29 is 9.32 Å². The highest BCUT2D eigenvalue weighted by molar-refractivity contribution is 5.85. The van der Waals surface area contributed by atoms with E-state index in [2.05, 4.69) is 15.5 Å². The van der Waals surface area contributed by atoms with Crippen molar-refractivity contribution >= 4 is 5.91 Å². The Labute approximate surface area is 88.2 Å².